The minimum absolute atomic E-state index is 0.0177. The summed E-state index contributed by atoms with van der Waals surface area (Å²) in [5, 5.41) is 0. The summed E-state index contributed by atoms with van der Waals surface area (Å²) in [6.07, 6.45) is 2.76. The molecule has 1 saturated heterocycles. The Morgan fingerprint density at radius 2 is 1.96 bits per heavy atom. The number of ether oxygens (including phenoxy) is 1. The standard InChI is InChI=1S/C18H21BrN2O3/c1-2-17(22)20-7-5-13(6-8-20)18(23)21-9-10-24-16-11-15(19)4-3-14(16)12-21/h2-4,11,13H,1,5-10,12H2. The van der Waals surface area contributed by atoms with Gasteiger partial charge in [0.15, 0.2) is 0 Å². The van der Waals surface area contributed by atoms with Gasteiger partial charge in [-0.05, 0) is 31.1 Å². The van der Waals surface area contributed by atoms with Gasteiger partial charge in [-0.2, -0.15) is 0 Å². The first-order valence-electron chi connectivity index (χ1n) is 8.20. The number of carbonyl (C=O) groups is 2. The van der Waals surface area contributed by atoms with Crippen LogP contribution in [0.15, 0.2) is 35.3 Å². The number of fused-ring (bicyclic) bond motifs is 1. The molecule has 0 N–H and O–H groups in total. The zero-order valence-corrected chi connectivity index (χ0v) is 15.1. The van der Waals surface area contributed by atoms with Gasteiger partial charge in [-0.15, -0.1) is 0 Å². The van der Waals surface area contributed by atoms with Crippen LogP contribution in [0.4, 0.5) is 0 Å². The van der Waals surface area contributed by atoms with Gasteiger partial charge in [0.2, 0.25) is 11.8 Å². The summed E-state index contributed by atoms with van der Waals surface area (Å²) < 4.78 is 6.74. The Labute approximate surface area is 150 Å². The predicted octanol–water partition coefficient (Wildman–Crippen LogP) is 2.59. The Morgan fingerprint density at radius 3 is 2.67 bits per heavy atom. The minimum Gasteiger partial charge on any atom is -0.491 e. The highest BCUT2D eigenvalue weighted by Gasteiger charge is 2.30. The normalized spacial score (nSPS) is 18.4. The molecule has 3 rings (SSSR count). The molecule has 128 valence electrons. The van der Waals surface area contributed by atoms with Gasteiger partial charge < -0.3 is 14.5 Å². The van der Waals surface area contributed by atoms with Crippen molar-refractivity contribution in [2.45, 2.75) is 19.4 Å². The number of carbonyl (C=O) groups excluding carboxylic acids is 2. The molecule has 0 saturated carbocycles. The number of likely N-dealkylation sites (tertiary alicyclic amines) is 1. The van der Waals surface area contributed by atoms with Crippen LogP contribution >= 0.6 is 15.9 Å². The van der Waals surface area contributed by atoms with Gasteiger partial charge in [-0.1, -0.05) is 28.6 Å². The third-order valence-corrected chi connectivity index (χ3v) is 5.14. The molecular weight excluding hydrogens is 372 g/mol. The summed E-state index contributed by atoms with van der Waals surface area (Å²) in [5.41, 5.74) is 1.03. The highest BCUT2D eigenvalue weighted by atomic mass is 79.9. The lowest BCUT2D eigenvalue weighted by Gasteiger charge is -2.33. The molecule has 0 atom stereocenters. The molecule has 0 radical (unpaired) electrons. The molecule has 2 aliphatic rings. The van der Waals surface area contributed by atoms with Crippen molar-refractivity contribution >= 4 is 27.7 Å². The lowest BCUT2D eigenvalue weighted by atomic mass is 9.95. The van der Waals surface area contributed by atoms with E-state index >= 15 is 0 Å². The maximum Gasteiger partial charge on any atom is 0.245 e. The van der Waals surface area contributed by atoms with E-state index in [0.29, 0.717) is 45.6 Å². The van der Waals surface area contributed by atoms with Gasteiger partial charge in [-0.3, -0.25) is 9.59 Å². The summed E-state index contributed by atoms with van der Waals surface area (Å²) >= 11 is 3.45. The zero-order chi connectivity index (χ0) is 17.1. The summed E-state index contributed by atoms with van der Waals surface area (Å²) in [6, 6.07) is 5.91. The van der Waals surface area contributed by atoms with Crippen LogP contribution in [0.5, 0.6) is 5.75 Å². The van der Waals surface area contributed by atoms with E-state index in [0.717, 1.165) is 15.8 Å². The van der Waals surface area contributed by atoms with E-state index in [1.165, 1.54) is 6.08 Å². The fourth-order valence-corrected chi connectivity index (χ4v) is 3.61. The third kappa shape index (κ3) is 3.64. The van der Waals surface area contributed by atoms with Crippen molar-refractivity contribution in [3.63, 3.8) is 0 Å². The molecule has 0 spiro atoms. The van der Waals surface area contributed by atoms with Crippen molar-refractivity contribution in [2.24, 2.45) is 5.92 Å². The van der Waals surface area contributed by atoms with Gasteiger partial charge >= 0.3 is 0 Å². The summed E-state index contributed by atoms with van der Waals surface area (Å²) in [6.45, 7) is 6.43. The number of nitrogens with zero attached hydrogens (tertiary/aromatic N) is 2. The zero-order valence-electron chi connectivity index (χ0n) is 13.5. The smallest absolute Gasteiger partial charge is 0.245 e. The Kier molecular flexibility index (Phi) is 5.23. The van der Waals surface area contributed by atoms with Crippen molar-refractivity contribution in [2.75, 3.05) is 26.2 Å². The monoisotopic (exact) mass is 392 g/mol. The molecule has 24 heavy (non-hydrogen) atoms. The molecule has 6 heteroatoms. The Balaban J connectivity index is 1.64. The molecule has 1 aromatic carbocycles. The molecule has 5 nitrogen and oxygen atoms in total. The molecule has 2 heterocycles. The first kappa shape index (κ1) is 17.0. The van der Waals surface area contributed by atoms with Crippen LogP contribution < -0.4 is 4.74 Å². The molecule has 2 amide bonds. The van der Waals surface area contributed by atoms with E-state index in [9.17, 15) is 9.59 Å². The minimum atomic E-state index is -0.0522. The van der Waals surface area contributed by atoms with Crippen LogP contribution in [0.1, 0.15) is 18.4 Å². The summed E-state index contributed by atoms with van der Waals surface area (Å²) in [5.74, 6) is 0.936. The SMILES string of the molecule is C=CC(=O)N1CCC(C(=O)N2CCOc3cc(Br)ccc3C2)CC1. The van der Waals surface area contributed by atoms with Crippen molar-refractivity contribution in [1.82, 2.24) is 9.80 Å². The second-order valence-corrected chi connectivity index (χ2v) is 7.08. The van der Waals surface area contributed by atoms with Crippen molar-refractivity contribution < 1.29 is 14.3 Å². The average Bonchev–Trinajstić information content (AvgIpc) is 2.82. The number of halogens is 1. The van der Waals surface area contributed by atoms with E-state index in [1.54, 1.807) is 4.90 Å². The van der Waals surface area contributed by atoms with E-state index in [4.69, 9.17) is 4.74 Å². The molecule has 0 aliphatic carbocycles. The number of rotatable bonds is 2. The Morgan fingerprint density at radius 1 is 1.21 bits per heavy atom. The summed E-state index contributed by atoms with van der Waals surface area (Å²) in [4.78, 5) is 28.2. The van der Waals surface area contributed by atoms with E-state index in [2.05, 4.69) is 22.5 Å². The fraction of sp³-hybridized carbons (Fsp3) is 0.444. The molecule has 0 unspecified atom stereocenters. The Hall–Kier alpha value is -1.82. The van der Waals surface area contributed by atoms with Gasteiger partial charge in [0.05, 0.1) is 6.54 Å². The fourth-order valence-electron chi connectivity index (χ4n) is 3.27. The molecule has 2 aliphatic heterocycles. The number of hydrogen-bond donors (Lipinski definition) is 0. The number of hydrogen-bond acceptors (Lipinski definition) is 3. The van der Waals surface area contributed by atoms with E-state index in [1.807, 2.05) is 23.1 Å². The predicted molar refractivity (Wildman–Crippen MR) is 94.6 cm³/mol. The van der Waals surface area contributed by atoms with Gasteiger partial charge in [-0.25, -0.2) is 0 Å². The molecule has 1 aromatic rings. The van der Waals surface area contributed by atoms with E-state index < -0.39 is 0 Å². The first-order chi connectivity index (χ1) is 11.6. The third-order valence-electron chi connectivity index (χ3n) is 4.65. The van der Waals surface area contributed by atoms with E-state index in [-0.39, 0.29) is 17.7 Å². The molecule has 0 bridgehead atoms. The lowest BCUT2D eigenvalue weighted by Crippen LogP contribution is -2.44. The summed E-state index contributed by atoms with van der Waals surface area (Å²) in [7, 11) is 0. The largest absolute Gasteiger partial charge is 0.491 e. The molecular formula is C18H21BrN2O3. The van der Waals surface area contributed by atoms with Crippen LogP contribution in [0, 0.1) is 5.92 Å². The van der Waals surface area contributed by atoms with Crippen LogP contribution in [0.2, 0.25) is 0 Å². The lowest BCUT2D eigenvalue weighted by molar-refractivity contribution is -0.140. The van der Waals surface area contributed by atoms with Crippen molar-refractivity contribution in [1.29, 1.82) is 0 Å². The quantitative estimate of drug-likeness (QED) is 0.726. The van der Waals surface area contributed by atoms with Crippen molar-refractivity contribution in [3.05, 3.63) is 40.9 Å². The highest BCUT2D eigenvalue weighted by Crippen LogP contribution is 2.28. The van der Waals surface area contributed by atoms with Crippen molar-refractivity contribution in [3.8, 4) is 5.75 Å². The van der Waals surface area contributed by atoms with Gasteiger partial charge in [0, 0.05) is 35.6 Å². The maximum atomic E-state index is 12.9. The van der Waals surface area contributed by atoms with Gasteiger partial charge in [0.1, 0.15) is 12.4 Å². The van der Waals surface area contributed by atoms with Crippen LogP contribution in [0.3, 0.4) is 0 Å². The second-order valence-electron chi connectivity index (χ2n) is 6.16. The van der Waals surface area contributed by atoms with Crippen LogP contribution in [0.25, 0.3) is 0 Å². The number of amides is 2. The average molecular weight is 393 g/mol. The van der Waals surface area contributed by atoms with Gasteiger partial charge in [0.25, 0.3) is 0 Å². The first-order valence-corrected chi connectivity index (χ1v) is 8.99. The second kappa shape index (κ2) is 7.38. The number of piperidine rings is 1. The molecule has 1 fully saturated rings. The molecule has 0 aromatic heterocycles. The number of benzene rings is 1. The van der Waals surface area contributed by atoms with Crippen LogP contribution in [-0.4, -0.2) is 47.9 Å². The van der Waals surface area contributed by atoms with Crippen LogP contribution in [-0.2, 0) is 16.1 Å². The Bertz CT molecular complexity index is 654. The maximum absolute atomic E-state index is 12.9. The highest BCUT2D eigenvalue weighted by molar-refractivity contribution is 9.10. The topological polar surface area (TPSA) is 49.9 Å².